The second-order valence-corrected chi connectivity index (χ2v) is 7.73. The predicted octanol–water partition coefficient (Wildman–Crippen LogP) is 3.34. The van der Waals surface area contributed by atoms with Crippen LogP contribution in [0.3, 0.4) is 0 Å². The first-order valence-corrected chi connectivity index (χ1v) is 10.3. The van der Waals surface area contributed by atoms with E-state index in [9.17, 15) is 0 Å². The Morgan fingerprint density at radius 1 is 1.21 bits per heavy atom. The molecule has 0 aliphatic heterocycles. The molecule has 0 saturated carbocycles. The van der Waals surface area contributed by atoms with Gasteiger partial charge >= 0.3 is 0 Å². The fourth-order valence-corrected chi connectivity index (χ4v) is 3.48. The Kier molecular flexibility index (Phi) is 7.54. The second-order valence-electron chi connectivity index (χ2n) is 6.22. The number of H-pyrrole nitrogens is 1. The molecule has 3 aromatic rings. The highest BCUT2D eigenvalue weighted by Gasteiger charge is 2.09. The second kappa shape index (κ2) is 10.6. The average molecular weight is 399 g/mol. The number of nitrogens with one attached hydrogen (secondary N) is 3. The van der Waals surface area contributed by atoms with Crippen LogP contribution in [0.15, 0.2) is 63.0 Å². The summed E-state index contributed by atoms with van der Waals surface area (Å²) in [5, 5.41) is 14.2. The normalized spacial score (nSPS) is 12.7. The summed E-state index contributed by atoms with van der Waals surface area (Å²) in [5.41, 5.74) is 0. The van der Waals surface area contributed by atoms with Crippen molar-refractivity contribution in [2.24, 2.45) is 4.99 Å². The first-order valence-electron chi connectivity index (χ1n) is 9.43. The summed E-state index contributed by atoms with van der Waals surface area (Å²) in [6.07, 6.45) is 2.33. The van der Waals surface area contributed by atoms with Crippen molar-refractivity contribution >= 4 is 17.7 Å². The minimum atomic E-state index is 0.392. The first-order chi connectivity index (χ1) is 13.7. The van der Waals surface area contributed by atoms with Crippen molar-refractivity contribution in [2.75, 3.05) is 19.6 Å². The third-order valence-electron chi connectivity index (χ3n) is 3.86. The quantitative estimate of drug-likeness (QED) is 0.291. The Balaban J connectivity index is 1.46. The summed E-state index contributed by atoms with van der Waals surface area (Å²) in [6.45, 7) is 6.51. The number of thioether (sulfide) groups is 1. The standard InChI is InChI=1S/C20H26N6OS/c1-3-21-20(23-14-15(2)28-16-8-5-4-6-9-16)22-12-11-18-24-19(26-25-18)17-10-7-13-27-17/h4-10,13,15H,3,11-12,14H2,1-2H3,(H2,21,22,23)(H,24,25,26). The number of nitrogens with zero attached hydrogens (tertiary/aromatic N) is 3. The summed E-state index contributed by atoms with van der Waals surface area (Å²) in [5.74, 6) is 2.86. The average Bonchev–Trinajstić information content (AvgIpc) is 3.39. The molecule has 7 nitrogen and oxygen atoms in total. The monoisotopic (exact) mass is 398 g/mol. The topological polar surface area (TPSA) is 91.1 Å². The lowest BCUT2D eigenvalue weighted by Crippen LogP contribution is -2.38. The van der Waals surface area contributed by atoms with Crippen molar-refractivity contribution in [1.29, 1.82) is 0 Å². The molecule has 0 radical (unpaired) electrons. The number of aromatic nitrogens is 3. The molecule has 0 aliphatic carbocycles. The zero-order valence-electron chi connectivity index (χ0n) is 16.2. The number of hydrogen-bond donors (Lipinski definition) is 3. The van der Waals surface area contributed by atoms with Gasteiger partial charge in [0, 0.05) is 29.7 Å². The lowest BCUT2D eigenvalue weighted by Gasteiger charge is -2.13. The number of guanidine groups is 1. The Hall–Kier alpha value is -2.74. The summed E-state index contributed by atoms with van der Waals surface area (Å²) < 4.78 is 5.31. The predicted molar refractivity (Wildman–Crippen MR) is 114 cm³/mol. The van der Waals surface area contributed by atoms with Gasteiger partial charge in [0.1, 0.15) is 5.82 Å². The van der Waals surface area contributed by atoms with E-state index in [1.54, 1.807) is 6.26 Å². The lowest BCUT2D eigenvalue weighted by atomic mass is 10.4. The van der Waals surface area contributed by atoms with Gasteiger partial charge < -0.3 is 15.1 Å². The van der Waals surface area contributed by atoms with Crippen LogP contribution in [0.25, 0.3) is 11.6 Å². The number of hydrogen-bond acceptors (Lipinski definition) is 5. The summed E-state index contributed by atoms with van der Waals surface area (Å²) in [6, 6.07) is 14.1. The molecule has 1 aromatic carbocycles. The van der Waals surface area contributed by atoms with Crippen molar-refractivity contribution in [3.63, 3.8) is 0 Å². The minimum absolute atomic E-state index is 0.392. The molecule has 0 aliphatic rings. The Morgan fingerprint density at radius 3 is 2.82 bits per heavy atom. The summed E-state index contributed by atoms with van der Waals surface area (Å²) in [7, 11) is 0. The van der Waals surface area contributed by atoms with Gasteiger partial charge in [-0.2, -0.15) is 5.10 Å². The van der Waals surface area contributed by atoms with Crippen molar-refractivity contribution in [2.45, 2.75) is 30.4 Å². The van der Waals surface area contributed by atoms with Gasteiger partial charge in [-0.05, 0) is 31.2 Å². The molecule has 1 unspecified atom stereocenters. The third-order valence-corrected chi connectivity index (χ3v) is 4.95. The van der Waals surface area contributed by atoms with Crippen LogP contribution < -0.4 is 10.6 Å². The molecule has 0 fully saturated rings. The molecular weight excluding hydrogens is 372 g/mol. The van der Waals surface area contributed by atoms with E-state index in [4.69, 9.17) is 9.41 Å². The fourth-order valence-electron chi connectivity index (χ4n) is 2.55. The van der Waals surface area contributed by atoms with Gasteiger partial charge in [-0.15, -0.1) is 11.8 Å². The third kappa shape index (κ3) is 6.16. The van der Waals surface area contributed by atoms with E-state index in [0.29, 0.717) is 29.8 Å². The molecule has 0 spiro atoms. The number of furan rings is 1. The molecule has 2 aromatic heterocycles. The highest BCUT2D eigenvalue weighted by Crippen LogP contribution is 2.22. The number of aromatic amines is 1. The highest BCUT2D eigenvalue weighted by atomic mass is 32.2. The number of benzene rings is 1. The smallest absolute Gasteiger partial charge is 0.216 e. The fraction of sp³-hybridized carbons (Fsp3) is 0.350. The maximum absolute atomic E-state index is 5.31. The molecule has 0 bridgehead atoms. The van der Waals surface area contributed by atoms with Gasteiger partial charge in [0.2, 0.25) is 5.82 Å². The summed E-state index contributed by atoms with van der Waals surface area (Å²) >= 11 is 1.83. The van der Waals surface area contributed by atoms with Crippen LogP contribution in [-0.2, 0) is 6.42 Å². The van der Waals surface area contributed by atoms with Crippen LogP contribution in [0.5, 0.6) is 0 Å². The number of aliphatic imine (C=N–C) groups is 1. The Bertz CT molecular complexity index is 847. The molecular formula is C20H26N6OS. The molecule has 1 atom stereocenters. The Labute approximate surface area is 169 Å². The maximum Gasteiger partial charge on any atom is 0.216 e. The van der Waals surface area contributed by atoms with Crippen molar-refractivity contribution < 1.29 is 4.42 Å². The van der Waals surface area contributed by atoms with Crippen LogP contribution in [-0.4, -0.2) is 46.0 Å². The van der Waals surface area contributed by atoms with Crippen LogP contribution in [0.2, 0.25) is 0 Å². The molecule has 148 valence electrons. The van der Waals surface area contributed by atoms with Crippen molar-refractivity contribution in [1.82, 2.24) is 25.8 Å². The van der Waals surface area contributed by atoms with E-state index in [0.717, 1.165) is 24.9 Å². The van der Waals surface area contributed by atoms with E-state index in [1.807, 2.05) is 30.0 Å². The zero-order chi connectivity index (χ0) is 19.6. The largest absolute Gasteiger partial charge is 0.461 e. The molecule has 0 saturated heterocycles. The van der Waals surface area contributed by atoms with Gasteiger partial charge in [0.05, 0.1) is 12.8 Å². The molecule has 2 heterocycles. The molecule has 3 rings (SSSR count). The van der Waals surface area contributed by atoms with Crippen LogP contribution >= 0.6 is 11.8 Å². The summed E-state index contributed by atoms with van der Waals surface area (Å²) in [4.78, 5) is 10.4. The maximum atomic E-state index is 5.31. The van der Waals surface area contributed by atoms with Crippen molar-refractivity contribution in [3.05, 3.63) is 54.6 Å². The molecule has 28 heavy (non-hydrogen) atoms. The van der Waals surface area contributed by atoms with E-state index in [2.05, 4.69) is 63.9 Å². The van der Waals surface area contributed by atoms with Gasteiger partial charge in [0.25, 0.3) is 0 Å². The van der Waals surface area contributed by atoms with Gasteiger partial charge in [0.15, 0.2) is 11.7 Å². The lowest BCUT2D eigenvalue weighted by molar-refractivity contribution is 0.577. The van der Waals surface area contributed by atoms with Crippen LogP contribution in [0.1, 0.15) is 19.7 Å². The van der Waals surface area contributed by atoms with Crippen molar-refractivity contribution in [3.8, 4) is 11.6 Å². The van der Waals surface area contributed by atoms with E-state index in [1.165, 1.54) is 4.90 Å². The zero-order valence-corrected chi connectivity index (χ0v) is 17.0. The minimum Gasteiger partial charge on any atom is -0.461 e. The molecule has 8 heteroatoms. The van der Waals surface area contributed by atoms with Crippen LogP contribution in [0.4, 0.5) is 0 Å². The number of rotatable bonds is 9. The van der Waals surface area contributed by atoms with Gasteiger partial charge in [-0.1, -0.05) is 25.1 Å². The van der Waals surface area contributed by atoms with E-state index in [-0.39, 0.29) is 0 Å². The van der Waals surface area contributed by atoms with Crippen LogP contribution in [0, 0.1) is 0 Å². The van der Waals surface area contributed by atoms with E-state index < -0.39 is 0 Å². The molecule has 3 N–H and O–H groups in total. The SMILES string of the molecule is CCNC(=NCC(C)Sc1ccccc1)NCCc1nc(-c2ccco2)n[nH]1. The Morgan fingerprint density at radius 2 is 2.07 bits per heavy atom. The van der Waals surface area contributed by atoms with Gasteiger partial charge in [-0.3, -0.25) is 10.1 Å². The highest BCUT2D eigenvalue weighted by molar-refractivity contribution is 8.00. The first kappa shape index (κ1) is 20.0. The molecule has 0 amide bonds. The van der Waals surface area contributed by atoms with E-state index >= 15 is 0 Å². The van der Waals surface area contributed by atoms with Gasteiger partial charge in [-0.25, -0.2) is 4.98 Å².